The van der Waals surface area contributed by atoms with Crippen LogP contribution in [0.15, 0.2) is 18.2 Å². The Labute approximate surface area is 102 Å². The highest BCUT2D eigenvalue weighted by Crippen LogP contribution is 2.29. The summed E-state index contributed by atoms with van der Waals surface area (Å²) in [5.41, 5.74) is 1.93. The Bertz CT molecular complexity index is 413. The van der Waals surface area contributed by atoms with Gasteiger partial charge >= 0.3 is 0 Å². The van der Waals surface area contributed by atoms with Gasteiger partial charge in [-0.3, -0.25) is 4.79 Å². The lowest BCUT2D eigenvalue weighted by molar-refractivity contribution is 0.0967. The Hall–Kier alpha value is -1.35. The average molecular weight is 233 g/mol. The summed E-state index contributed by atoms with van der Waals surface area (Å²) in [6, 6.07) is 5.88. The molecule has 0 bridgehead atoms. The van der Waals surface area contributed by atoms with Gasteiger partial charge in [-0.05, 0) is 38.6 Å². The molecule has 0 radical (unpaired) electrons. The number of benzene rings is 1. The topological polar surface area (TPSA) is 29.5 Å². The highest BCUT2D eigenvalue weighted by atomic mass is 16.5. The SMILES string of the molecule is CN(C)CCC(=O)c1cccc2c1OCCC2. The summed E-state index contributed by atoms with van der Waals surface area (Å²) in [7, 11) is 3.95. The van der Waals surface area contributed by atoms with Crippen molar-refractivity contribution in [2.45, 2.75) is 19.3 Å². The van der Waals surface area contributed by atoms with Crippen molar-refractivity contribution < 1.29 is 9.53 Å². The molecule has 0 atom stereocenters. The van der Waals surface area contributed by atoms with Crippen molar-refractivity contribution in [2.24, 2.45) is 0 Å². The van der Waals surface area contributed by atoms with E-state index in [0.717, 1.165) is 37.3 Å². The van der Waals surface area contributed by atoms with E-state index in [1.54, 1.807) is 0 Å². The molecule has 0 aromatic heterocycles. The van der Waals surface area contributed by atoms with Crippen LogP contribution in [0.4, 0.5) is 0 Å². The minimum atomic E-state index is 0.178. The van der Waals surface area contributed by atoms with E-state index in [0.29, 0.717) is 6.42 Å². The van der Waals surface area contributed by atoms with E-state index >= 15 is 0 Å². The van der Waals surface area contributed by atoms with Crippen LogP contribution in [0, 0.1) is 0 Å². The summed E-state index contributed by atoms with van der Waals surface area (Å²) in [6.45, 7) is 1.51. The molecule has 92 valence electrons. The second kappa shape index (κ2) is 5.32. The molecule has 1 aromatic carbocycles. The first-order valence-electron chi connectivity index (χ1n) is 6.11. The molecule has 0 saturated heterocycles. The van der Waals surface area contributed by atoms with Crippen LogP contribution in [-0.2, 0) is 6.42 Å². The standard InChI is InChI=1S/C14H19NO2/c1-15(2)9-8-13(16)12-7-3-5-11-6-4-10-17-14(11)12/h3,5,7H,4,6,8-10H2,1-2H3. The van der Waals surface area contributed by atoms with E-state index in [-0.39, 0.29) is 5.78 Å². The molecule has 3 nitrogen and oxygen atoms in total. The Kier molecular flexibility index (Phi) is 3.79. The number of nitrogens with zero attached hydrogens (tertiary/aromatic N) is 1. The van der Waals surface area contributed by atoms with Crippen LogP contribution in [0.5, 0.6) is 5.75 Å². The molecule has 2 rings (SSSR count). The summed E-state index contributed by atoms with van der Waals surface area (Å²) >= 11 is 0. The summed E-state index contributed by atoms with van der Waals surface area (Å²) in [5.74, 6) is 1.000. The van der Waals surface area contributed by atoms with Crippen molar-refractivity contribution in [3.05, 3.63) is 29.3 Å². The molecule has 1 aromatic rings. The largest absolute Gasteiger partial charge is 0.493 e. The van der Waals surface area contributed by atoms with Gasteiger partial charge in [0.1, 0.15) is 5.75 Å². The quantitative estimate of drug-likeness (QED) is 0.746. The van der Waals surface area contributed by atoms with Crippen molar-refractivity contribution in [2.75, 3.05) is 27.2 Å². The number of hydrogen-bond donors (Lipinski definition) is 0. The first-order chi connectivity index (χ1) is 8.18. The molecule has 17 heavy (non-hydrogen) atoms. The van der Waals surface area contributed by atoms with E-state index in [1.165, 1.54) is 5.56 Å². The fourth-order valence-corrected chi connectivity index (χ4v) is 2.07. The Morgan fingerprint density at radius 1 is 1.41 bits per heavy atom. The number of rotatable bonds is 4. The van der Waals surface area contributed by atoms with Gasteiger partial charge in [-0.1, -0.05) is 12.1 Å². The minimum Gasteiger partial charge on any atom is -0.493 e. The maximum atomic E-state index is 12.1. The molecular formula is C14H19NO2. The van der Waals surface area contributed by atoms with Gasteiger partial charge in [0.05, 0.1) is 12.2 Å². The first-order valence-corrected chi connectivity index (χ1v) is 6.11. The highest BCUT2D eigenvalue weighted by molar-refractivity contribution is 5.99. The van der Waals surface area contributed by atoms with Gasteiger partial charge in [0.25, 0.3) is 0 Å². The van der Waals surface area contributed by atoms with Crippen LogP contribution in [-0.4, -0.2) is 37.9 Å². The van der Waals surface area contributed by atoms with Gasteiger partial charge < -0.3 is 9.64 Å². The summed E-state index contributed by atoms with van der Waals surface area (Å²) in [6.07, 6.45) is 2.61. The molecular weight excluding hydrogens is 214 g/mol. The zero-order valence-corrected chi connectivity index (χ0v) is 10.5. The molecule has 1 heterocycles. The van der Waals surface area contributed by atoms with Gasteiger partial charge in [-0.25, -0.2) is 0 Å². The molecule has 3 heteroatoms. The van der Waals surface area contributed by atoms with Gasteiger partial charge in [-0.15, -0.1) is 0 Å². The number of carbonyl (C=O) groups is 1. The highest BCUT2D eigenvalue weighted by Gasteiger charge is 2.18. The molecule has 0 spiro atoms. The number of ether oxygens (including phenoxy) is 1. The van der Waals surface area contributed by atoms with Crippen molar-refractivity contribution >= 4 is 5.78 Å². The molecule has 0 aliphatic carbocycles. The Balaban J connectivity index is 2.17. The number of fused-ring (bicyclic) bond motifs is 1. The van der Waals surface area contributed by atoms with Gasteiger partial charge in [-0.2, -0.15) is 0 Å². The van der Waals surface area contributed by atoms with Gasteiger partial charge in [0.15, 0.2) is 5.78 Å². The zero-order chi connectivity index (χ0) is 12.3. The summed E-state index contributed by atoms with van der Waals surface area (Å²) < 4.78 is 5.65. The van der Waals surface area contributed by atoms with Crippen molar-refractivity contribution in [3.8, 4) is 5.75 Å². The lowest BCUT2D eigenvalue weighted by Crippen LogP contribution is -2.18. The second-order valence-electron chi connectivity index (χ2n) is 4.72. The molecule has 0 fully saturated rings. The van der Waals surface area contributed by atoms with Crippen LogP contribution in [0.3, 0.4) is 0 Å². The van der Waals surface area contributed by atoms with Gasteiger partial charge in [0, 0.05) is 13.0 Å². The fourth-order valence-electron chi connectivity index (χ4n) is 2.07. The lowest BCUT2D eigenvalue weighted by atomic mass is 9.99. The average Bonchev–Trinajstić information content (AvgIpc) is 2.35. The molecule has 1 aliphatic rings. The number of aryl methyl sites for hydroxylation is 1. The number of para-hydroxylation sites is 1. The third-order valence-corrected chi connectivity index (χ3v) is 3.02. The number of carbonyl (C=O) groups excluding carboxylic acids is 1. The van der Waals surface area contributed by atoms with Crippen LogP contribution < -0.4 is 4.74 Å². The maximum absolute atomic E-state index is 12.1. The summed E-state index contributed by atoms with van der Waals surface area (Å²) in [5, 5.41) is 0. The van der Waals surface area contributed by atoms with E-state index < -0.39 is 0 Å². The van der Waals surface area contributed by atoms with Crippen LogP contribution in [0.1, 0.15) is 28.8 Å². The minimum absolute atomic E-state index is 0.178. The zero-order valence-electron chi connectivity index (χ0n) is 10.5. The molecule has 0 unspecified atom stereocenters. The van der Waals surface area contributed by atoms with Crippen LogP contribution in [0.25, 0.3) is 0 Å². The van der Waals surface area contributed by atoms with E-state index in [4.69, 9.17) is 4.74 Å². The third-order valence-electron chi connectivity index (χ3n) is 3.02. The lowest BCUT2D eigenvalue weighted by Gasteiger charge is -2.20. The summed E-state index contributed by atoms with van der Waals surface area (Å²) in [4.78, 5) is 14.1. The maximum Gasteiger partial charge on any atom is 0.167 e. The van der Waals surface area contributed by atoms with Crippen LogP contribution in [0.2, 0.25) is 0 Å². The van der Waals surface area contributed by atoms with E-state index in [9.17, 15) is 4.79 Å². The predicted octanol–water partition coefficient (Wildman–Crippen LogP) is 2.15. The third kappa shape index (κ3) is 2.86. The smallest absolute Gasteiger partial charge is 0.167 e. The Morgan fingerprint density at radius 2 is 2.24 bits per heavy atom. The first kappa shape index (κ1) is 12.1. The van der Waals surface area contributed by atoms with E-state index in [1.807, 2.05) is 31.1 Å². The van der Waals surface area contributed by atoms with Crippen molar-refractivity contribution in [1.82, 2.24) is 4.90 Å². The number of Topliss-reactive ketones (excluding diaryl/α,β-unsaturated/α-hetero) is 1. The van der Waals surface area contributed by atoms with Crippen molar-refractivity contribution in [3.63, 3.8) is 0 Å². The van der Waals surface area contributed by atoms with E-state index in [2.05, 4.69) is 6.07 Å². The molecule has 1 aliphatic heterocycles. The predicted molar refractivity (Wildman–Crippen MR) is 67.8 cm³/mol. The van der Waals surface area contributed by atoms with Crippen molar-refractivity contribution in [1.29, 1.82) is 0 Å². The second-order valence-corrected chi connectivity index (χ2v) is 4.72. The molecule has 0 N–H and O–H groups in total. The number of hydrogen-bond acceptors (Lipinski definition) is 3. The molecule has 0 saturated carbocycles. The Morgan fingerprint density at radius 3 is 3.00 bits per heavy atom. The fraction of sp³-hybridized carbons (Fsp3) is 0.500. The monoisotopic (exact) mass is 233 g/mol. The van der Waals surface area contributed by atoms with Gasteiger partial charge in [0.2, 0.25) is 0 Å². The normalized spacial score (nSPS) is 14.3. The van der Waals surface area contributed by atoms with Crippen LogP contribution >= 0.6 is 0 Å². The molecule has 0 amide bonds. The number of ketones is 1.